The van der Waals surface area contributed by atoms with Crippen molar-refractivity contribution in [3.8, 4) is 0 Å². The van der Waals surface area contributed by atoms with Crippen molar-refractivity contribution in [1.29, 1.82) is 0 Å². The number of nitrogens with zero attached hydrogens (tertiary/aromatic N) is 1. The van der Waals surface area contributed by atoms with Crippen LogP contribution in [0, 0.1) is 0 Å². The Bertz CT molecular complexity index is 1270. The lowest BCUT2D eigenvalue weighted by molar-refractivity contribution is -0.144. The zero-order chi connectivity index (χ0) is 21.5. The molecule has 2 heterocycles. The Morgan fingerprint density at radius 2 is 1.77 bits per heavy atom. The van der Waals surface area contributed by atoms with E-state index >= 15 is 0 Å². The predicted molar refractivity (Wildman–Crippen MR) is 124 cm³/mol. The molecule has 1 aliphatic rings. The third-order valence-corrected chi connectivity index (χ3v) is 6.56. The molecule has 156 valence electrons. The molecule has 31 heavy (non-hydrogen) atoms. The van der Waals surface area contributed by atoms with E-state index in [4.69, 9.17) is 23.2 Å². The van der Waals surface area contributed by atoms with Gasteiger partial charge in [-0.2, -0.15) is 0 Å². The molecule has 1 aliphatic heterocycles. The molecular formula is C25H20Cl2N2O2. The molecule has 3 aromatic carbocycles. The molecule has 6 heteroatoms. The summed E-state index contributed by atoms with van der Waals surface area (Å²) < 4.78 is 0. The molecule has 2 N–H and O–H groups in total. The van der Waals surface area contributed by atoms with Gasteiger partial charge in [-0.25, -0.2) is 0 Å². The van der Waals surface area contributed by atoms with Crippen molar-refractivity contribution in [3.63, 3.8) is 0 Å². The number of aromatic nitrogens is 1. The highest BCUT2D eigenvalue weighted by Gasteiger charge is 2.41. The summed E-state index contributed by atoms with van der Waals surface area (Å²) in [6.45, 7) is 0.482. The first-order valence-corrected chi connectivity index (χ1v) is 10.9. The molecule has 0 spiro atoms. The predicted octanol–water partition coefficient (Wildman–Crippen LogP) is 6.08. The lowest BCUT2D eigenvalue weighted by Crippen LogP contribution is -2.48. The minimum absolute atomic E-state index is 0.345. The number of halogens is 2. The van der Waals surface area contributed by atoms with Crippen LogP contribution in [0.25, 0.3) is 10.9 Å². The lowest BCUT2D eigenvalue weighted by Gasteiger charge is -2.40. The van der Waals surface area contributed by atoms with Crippen molar-refractivity contribution >= 4 is 40.1 Å². The molecule has 0 amide bonds. The van der Waals surface area contributed by atoms with Gasteiger partial charge >= 0.3 is 5.97 Å². The lowest BCUT2D eigenvalue weighted by atomic mass is 9.87. The zero-order valence-corrected chi connectivity index (χ0v) is 18.1. The van der Waals surface area contributed by atoms with Crippen LogP contribution in [0.1, 0.15) is 28.4 Å². The molecule has 0 aliphatic carbocycles. The van der Waals surface area contributed by atoms with Crippen molar-refractivity contribution in [2.24, 2.45) is 0 Å². The highest BCUT2D eigenvalue weighted by atomic mass is 35.5. The van der Waals surface area contributed by atoms with Crippen molar-refractivity contribution in [1.82, 2.24) is 9.88 Å². The summed E-state index contributed by atoms with van der Waals surface area (Å²) >= 11 is 12.8. The molecule has 0 saturated carbocycles. The van der Waals surface area contributed by atoms with Crippen LogP contribution in [0.4, 0.5) is 0 Å². The van der Waals surface area contributed by atoms with Crippen molar-refractivity contribution in [3.05, 3.63) is 105 Å². The van der Waals surface area contributed by atoms with Crippen LogP contribution in [0.2, 0.25) is 10.0 Å². The standard InChI is InChI=1S/C25H20Cl2N2O2/c26-16-10-11-18(20(27)12-16)24-23-19(17-8-4-5-9-21(17)28-23)13-22(25(30)31)29(24)14-15-6-2-1-3-7-15/h1-12,22,24,28H,13-14H2,(H,30,31)/t22-,24+/m0/s1. The molecule has 0 fully saturated rings. The molecule has 4 aromatic rings. The average molecular weight is 451 g/mol. The molecule has 0 saturated heterocycles. The Labute approximate surface area is 190 Å². The van der Waals surface area contributed by atoms with E-state index in [1.807, 2.05) is 65.6 Å². The number of nitrogens with one attached hydrogen (secondary N) is 1. The van der Waals surface area contributed by atoms with Gasteiger partial charge in [-0.1, -0.05) is 77.8 Å². The Morgan fingerprint density at radius 3 is 2.52 bits per heavy atom. The van der Waals surface area contributed by atoms with Crippen molar-refractivity contribution < 1.29 is 9.90 Å². The van der Waals surface area contributed by atoms with Gasteiger partial charge < -0.3 is 10.1 Å². The molecule has 5 rings (SSSR count). The minimum atomic E-state index is -0.845. The first kappa shape index (κ1) is 20.1. The SMILES string of the molecule is O=C(O)[C@@H]1Cc2c([nH]c3ccccc23)[C@@H](c2ccc(Cl)cc2Cl)N1Cc1ccccc1. The number of rotatable bonds is 4. The fraction of sp³-hybridized carbons (Fsp3) is 0.160. The summed E-state index contributed by atoms with van der Waals surface area (Å²) in [5.41, 5.74) is 4.89. The Kier molecular flexibility index (Phi) is 5.22. The second kappa shape index (κ2) is 8.04. The number of carboxylic acids is 1. The summed E-state index contributed by atoms with van der Waals surface area (Å²) in [6, 6.07) is 22.3. The van der Waals surface area contributed by atoms with Gasteiger partial charge in [0.15, 0.2) is 0 Å². The number of H-pyrrole nitrogens is 1. The second-order valence-electron chi connectivity index (χ2n) is 7.85. The first-order valence-electron chi connectivity index (χ1n) is 10.1. The number of fused-ring (bicyclic) bond motifs is 3. The number of aromatic amines is 1. The number of hydrogen-bond donors (Lipinski definition) is 2. The fourth-order valence-corrected chi connectivity index (χ4v) is 5.12. The number of para-hydroxylation sites is 1. The third-order valence-electron chi connectivity index (χ3n) is 6.00. The van der Waals surface area contributed by atoms with Crippen LogP contribution >= 0.6 is 23.2 Å². The highest BCUT2D eigenvalue weighted by molar-refractivity contribution is 6.35. The molecule has 4 nitrogen and oxygen atoms in total. The van der Waals surface area contributed by atoms with E-state index in [1.165, 1.54) is 0 Å². The van der Waals surface area contributed by atoms with E-state index in [0.29, 0.717) is 23.0 Å². The summed E-state index contributed by atoms with van der Waals surface area (Å²) in [7, 11) is 0. The second-order valence-corrected chi connectivity index (χ2v) is 8.69. The quantitative estimate of drug-likeness (QED) is 0.396. The Balaban J connectivity index is 1.74. The maximum atomic E-state index is 12.4. The molecule has 0 radical (unpaired) electrons. The van der Waals surface area contributed by atoms with Gasteiger partial charge in [0.2, 0.25) is 0 Å². The Hall–Kier alpha value is -2.79. The van der Waals surface area contributed by atoms with Gasteiger partial charge in [-0.3, -0.25) is 9.69 Å². The van der Waals surface area contributed by atoms with Crippen LogP contribution in [0.3, 0.4) is 0 Å². The fourth-order valence-electron chi connectivity index (χ4n) is 4.61. The van der Waals surface area contributed by atoms with Gasteiger partial charge in [0.05, 0.1) is 6.04 Å². The summed E-state index contributed by atoms with van der Waals surface area (Å²) in [6.07, 6.45) is 0.420. The van der Waals surface area contributed by atoms with Gasteiger partial charge in [-0.15, -0.1) is 0 Å². The van der Waals surface area contributed by atoms with Crippen LogP contribution in [0.5, 0.6) is 0 Å². The van der Waals surface area contributed by atoms with E-state index in [1.54, 1.807) is 12.1 Å². The van der Waals surface area contributed by atoms with Crippen LogP contribution in [0.15, 0.2) is 72.8 Å². The van der Waals surface area contributed by atoms with Gasteiger partial charge in [-0.05, 0) is 34.9 Å². The summed E-state index contributed by atoms with van der Waals surface area (Å²) in [5, 5.41) is 12.3. The number of aliphatic carboxylic acids is 1. The van der Waals surface area contributed by atoms with Crippen LogP contribution < -0.4 is 0 Å². The summed E-state index contributed by atoms with van der Waals surface area (Å²) in [5.74, 6) is -0.845. The molecular weight excluding hydrogens is 431 g/mol. The molecule has 2 atom stereocenters. The number of benzene rings is 3. The maximum Gasteiger partial charge on any atom is 0.321 e. The van der Waals surface area contributed by atoms with Crippen molar-refractivity contribution in [2.45, 2.75) is 25.0 Å². The minimum Gasteiger partial charge on any atom is -0.480 e. The number of hydrogen-bond acceptors (Lipinski definition) is 2. The molecule has 1 aromatic heterocycles. The highest BCUT2D eigenvalue weighted by Crippen LogP contribution is 2.44. The number of carbonyl (C=O) groups is 1. The smallest absolute Gasteiger partial charge is 0.321 e. The van der Waals surface area contributed by atoms with Crippen LogP contribution in [-0.2, 0) is 17.8 Å². The zero-order valence-electron chi connectivity index (χ0n) is 16.6. The third kappa shape index (κ3) is 3.61. The van der Waals surface area contributed by atoms with Gasteiger partial charge in [0.25, 0.3) is 0 Å². The maximum absolute atomic E-state index is 12.4. The normalized spacial score (nSPS) is 18.8. The molecule has 0 bridgehead atoms. The van der Waals surface area contributed by atoms with E-state index in [2.05, 4.69) is 4.98 Å². The van der Waals surface area contributed by atoms with Gasteiger partial charge in [0, 0.05) is 39.6 Å². The Morgan fingerprint density at radius 1 is 1.03 bits per heavy atom. The van der Waals surface area contributed by atoms with E-state index in [9.17, 15) is 9.90 Å². The van der Waals surface area contributed by atoms with E-state index in [0.717, 1.165) is 33.3 Å². The van der Waals surface area contributed by atoms with E-state index in [-0.39, 0.29) is 6.04 Å². The van der Waals surface area contributed by atoms with Crippen molar-refractivity contribution in [2.75, 3.05) is 0 Å². The van der Waals surface area contributed by atoms with Crippen LogP contribution in [-0.4, -0.2) is 27.0 Å². The monoisotopic (exact) mass is 450 g/mol. The largest absolute Gasteiger partial charge is 0.480 e. The van der Waals surface area contributed by atoms with E-state index < -0.39 is 12.0 Å². The number of carboxylic acid groups (broad SMARTS) is 1. The summed E-state index contributed by atoms with van der Waals surface area (Å²) in [4.78, 5) is 18.0. The molecule has 0 unspecified atom stereocenters. The average Bonchev–Trinajstić information content (AvgIpc) is 3.13. The first-order chi connectivity index (χ1) is 15.0. The topological polar surface area (TPSA) is 56.3 Å². The van der Waals surface area contributed by atoms with Gasteiger partial charge in [0.1, 0.15) is 6.04 Å².